The Morgan fingerprint density at radius 2 is 1.44 bits per heavy atom. The second kappa shape index (κ2) is 10.8. The van der Waals surface area contributed by atoms with Gasteiger partial charge in [0.2, 0.25) is 0 Å². The van der Waals surface area contributed by atoms with Crippen LogP contribution in [0.25, 0.3) is 11.1 Å². The van der Waals surface area contributed by atoms with Gasteiger partial charge in [0.05, 0.1) is 18.5 Å². The molecule has 170 valence electrons. The monoisotopic (exact) mass is 486 g/mol. The number of ether oxygens (including phenoxy) is 1. The van der Waals surface area contributed by atoms with Gasteiger partial charge in [-0.1, -0.05) is 48.5 Å². The minimum absolute atomic E-state index is 0.365. The van der Waals surface area contributed by atoms with Crippen molar-refractivity contribution < 1.29 is 9.53 Å². The number of benzene rings is 3. The normalized spacial score (nSPS) is 10.8. The second-order valence-electron chi connectivity index (χ2n) is 7.26. The Morgan fingerprint density at radius 1 is 0.853 bits per heavy atom. The van der Waals surface area contributed by atoms with Gasteiger partial charge in [-0.3, -0.25) is 0 Å². The van der Waals surface area contributed by atoms with Crippen LogP contribution in [0.4, 0.5) is 22.1 Å². The summed E-state index contributed by atoms with van der Waals surface area (Å²) in [7, 11) is 1.38. The molecule has 0 radical (unpaired) electrons. The molecule has 0 aliphatic rings. The highest BCUT2D eigenvalue weighted by atomic mass is 32.1. The SMILES string of the molecule is COC(=O)c1c(NC(=S)Nc2ccc(N=Nc3ccccc3)cc2)sc(C)c1-c1ccccc1. The van der Waals surface area contributed by atoms with Crippen molar-refractivity contribution in [2.75, 3.05) is 17.7 Å². The summed E-state index contributed by atoms with van der Waals surface area (Å²) in [6, 6.07) is 26.7. The standard InChI is InChI=1S/C26H22N4O2S2/c1-17-22(18-9-5-3-6-10-18)23(25(31)32-2)24(34-17)28-26(33)27-19-13-15-21(16-14-19)30-29-20-11-7-4-8-12-20/h3-16H,1-2H3,(H2,27,28,33). The summed E-state index contributed by atoms with van der Waals surface area (Å²) in [4.78, 5) is 13.6. The first-order chi connectivity index (χ1) is 16.5. The van der Waals surface area contributed by atoms with Crippen molar-refractivity contribution in [2.24, 2.45) is 10.2 Å². The van der Waals surface area contributed by atoms with E-state index in [0.29, 0.717) is 15.7 Å². The minimum atomic E-state index is -0.415. The first-order valence-electron chi connectivity index (χ1n) is 10.5. The van der Waals surface area contributed by atoms with Crippen LogP contribution >= 0.6 is 23.6 Å². The fourth-order valence-electron chi connectivity index (χ4n) is 3.37. The molecule has 0 aliphatic heterocycles. The maximum Gasteiger partial charge on any atom is 0.341 e. The molecule has 1 heterocycles. The van der Waals surface area contributed by atoms with Gasteiger partial charge in [0, 0.05) is 16.1 Å². The topological polar surface area (TPSA) is 75.1 Å². The average Bonchev–Trinajstić information content (AvgIpc) is 3.19. The number of hydrogen-bond donors (Lipinski definition) is 2. The number of anilines is 2. The van der Waals surface area contributed by atoms with Crippen LogP contribution in [0.15, 0.2) is 95.2 Å². The number of rotatable bonds is 6. The van der Waals surface area contributed by atoms with E-state index in [1.165, 1.54) is 18.4 Å². The molecule has 2 N–H and O–H groups in total. The van der Waals surface area contributed by atoms with Crippen LogP contribution in [0.3, 0.4) is 0 Å². The zero-order chi connectivity index (χ0) is 23.9. The lowest BCUT2D eigenvalue weighted by molar-refractivity contribution is 0.0603. The quantitative estimate of drug-likeness (QED) is 0.166. The molecule has 4 rings (SSSR count). The summed E-state index contributed by atoms with van der Waals surface area (Å²) >= 11 is 6.97. The van der Waals surface area contributed by atoms with Crippen LogP contribution in [0, 0.1) is 6.92 Å². The summed E-state index contributed by atoms with van der Waals surface area (Å²) in [5.41, 5.74) is 4.56. The predicted octanol–water partition coefficient (Wildman–Crippen LogP) is 7.73. The molecule has 0 aliphatic carbocycles. The van der Waals surface area contributed by atoms with E-state index in [2.05, 4.69) is 20.9 Å². The number of carbonyl (C=O) groups excluding carboxylic acids is 1. The van der Waals surface area contributed by atoms with Crippen molar-refractivity contribution in [3.63, 3.8) is 0 Å². The lowest BCUT2D eigenvalue weighted by Gasteiger charge is -2.11. The molecule has 0 atom stereocenters. The molecule has 8 heteroatoms. The summed E-state index contributed by atoms with van der Waals surface area (Å²) in [6.45, 7) is 1.98. The molecule has 3 aromatic carbocycles. The van der Waals surface area contributed by atoms with Crippen LogP contribution in [-0.2, 0) is 4.74 Å². The van der Waals surface area contributed by atoms with Gasteiger partial charge in [0.25, 0.3) is 0 Å². The number of carbonyl (C=O) groups is 1. The summed E-state index contributed by atoms with van der Waals surface area (Å²) in [5, 5.41) is 15.8. The molecular weight excluding hydrogens is 464 g/mol. The fraction of sp³-hybridized carbons (Fsp3) is 0.0769. The zero-order valence-electron chi connectivity index (χ0n) is 18.6. The maximum atomic E-state index is 12.6. The number of thiocarbonyl (C=S) groups is 1. The fourth-order valence-corrected chi connectivity index (χ4v) is 4.72. The summed E-state index contributed by atoms with van der Waals surface area (Å²) < 4.78 is 5.07. The number of methoxy groups -OCH3 is 1. The molecule has 6 nitrogen and oxygen atoms in total. The number of aryl methyl sites for hydroxylation is 1. The van der Waals surface area contributed by atoms with Crippen LogP contribution in [-0.4, -0.2) is 18.2 Å². The maximum absolute atomic E-state index is 12.6. The van der Waals surface area contributed by atoms with Gasteiger partial charge in [0.1, 0.15) is 10.6 Å². The number of azo groups is 1. The Balaban J connectivity index is 1.49. The number of esters is 1. The van der Waals surface area contributed by atoms with E-state index in [4.69, 9.17) is 17.0 Å². The van der Waals surface area contributed by atoms with E-state index in [1.54, 1.807) is 0 Å². The lowest BCUT2D eigenvalue weighted by atomic mass is 10.0. The Bertz CT molecular complexity index is 1320. The highest BCUT2D eigenvalue weighted by molar-refractivity contribution is 7.80. The van der Waals surface area contributed by atoms with Gasteiger partial charge in [-0.15, -0.1) is 11.3 Å². The Labute approximate surface area is 207 Å². The number of hydrogen-bond acceptors (Lipinski definition) is 6. The van der Waals surface area contributed by atoms with Gasteiger partial charge in [-0.2, -0.15) is 10.2 Å². The largest absolute Gasteiger partial charge is 0.465 e. The Hall–Kier alpha value is -3.88. The molecule has 34 heavy (non-hydrogen) atoms. The molecule has 4 aromatic rings. The zero-order valence-corrected chi connectivity index (χ0v) is 20.2. The third kappa shape index (κ3) is 5.54. The van der Waals surface area contributed by atoms with Crippen molar-refractivity contribution in [3.05, 3.63) is 95.4 Å². The van der Waals surface area contributed by atoms with Crippen molar-refractivity contribution in [1.29, 1.82) is 0 Å². The highest BCUT2D eigenvalue weighted by Gasteiger charge is 2.24. The highest BCUT2D eigenvalue weighted by Crippen LogP contribution is 2.40. The molecule has 0 amide bonds. The van der Waals surface area contributed by atoms with Crippen LogP contribution in [0.5, 0.6) is 0 Å². The van der Waals surface area contributed by atoms with Gasteiger partial charge >= 0.3 is 5.97 Å². The summed E-state index contributed by atoms with van der Waals surface area (Å²) in [5.74, 6) is -0.415. The van der Waals surface area contributed by atoms with E-state index >= 15 is 0 Å². The van der Waals surface area contributed by atoms with Gasteiger partial charge in [-0.05, 0) is 61.1 Å². The van der Waals surface area contributed by atoms with Crippen molar-refractivity contribution in [2.45, 2.75) is 6.92 Å². The number of thiophene rings is 1. The molecule has 0 unspecified atom stereocenters. The number of nitrogens with zero attached hydrogens (tertiary/aromatic N) is 2. The Kier molecular flexibility index (Phi) is 7.41. The molecule has 0 bridgehead atoms. The van der Waals surface area contributed by atoms with Crippen molar-refractivity contribution in [3.8, 4) is 11.1 Å². The third-order valence-electron chi connectivity index (χ3n) is 4.93. The molecule has 0 saturated heterocycles. The van der Waals surface area contributed by atoms with E-state index in [9.17, 15) is 4.79 Å². The van der Waals surface area contributed by atoms with E-state index in [0.717, 1.165) is 33.1 Å². The Morgan fingerprint density at radius 3 is 2.06 bits per heavy atom. The third-order valence-corrected chi connectivity index (χ3v) is 6.15. The van der Waals surface area contributed by atoms with E-state index < -0.39 is 5.97 Å². The first kappa shape index (κ1) is 23.3. The molecule has 0 spiro atoms. The average molecular weight is 487 g/mol. The predicted molar refractivity (Wildman–Crippen MR) is 143 cm³/mol. The summed E-state index contributed by atoms with van der Waals surface area (Å²) in [6.07, 6.45) is 0. The second-order valence-corrected chi connectivity index (χ2v) is 8.89. The van der Waals surface area contributed by atoms with Crippen molar-refractivity contribution in [1.82, 2.24) is 0 Å². The number of nitrogens with one attached hydrogen (secondary N) is 2. The van der Waals surface area contributed by atoms with E-state index in [1.807, 2.05) is 91.9 Å². The first-order valence-corrected chi connectivity index (χ1v) is 11.7. The molecule has 0 saturated carbocycles. The lowest BCUT2D eigenvalue weighted by Crippen LogP contribution is -2.20. The van der Waals surface area contributed by atoms with E-state index in [-0.39, 0.29) is 0 Å². The van der Waals surface area contributed by atoms with Gasteiger partial charge in [0.15, 0.2) is 5.11 Å². The van der Waals surface area contributed by atoms with Crippen LogP contribution < -0.4 is 10.6 Å². The van der Waals surface area contributed by atoms with Gasteiger partial charge < -0.3 is 15.4 Å². The van der Waals surface area contributed by atoms with Crippen molar-refractivity contribution >= 4 is 56.7 Å². The smallest absolute Gasteiger partial charge is 0.341 e. The van der Waals surface area contributed by atoms with Gasteiger partial charge in [-0.25, -0.2) is 4.79 Å². The molecular formula is C26H22N4O2S2. The minimum Gasteiger partial charge on any atom is -0.465 e. The molecule has 0 fully saturated rings. The van der Waals surface area contributed by atoms with Crippen LogP contribution in [0.1, 0.15) is 15.2 Å². The molecule has 1 aromatic heterocycles. The van der Waals surface area contributed by atoms with Crippen LogP contribution in [0.2, 0.25) is 0 Å².